The van der Waals surface area contributed by atoms with Crippen LogP contribution in [0.5, 0.6) is 0 Å². The number of carbonyl (C=O) groups excluding carboxylic acids is 2. The van der Waals surface area contributed by atoms with Gasteiger partial charge < -0.3 is 29.7 Å². The van der Waals surface area contributed by atoms with Crippen LogP contribution < -0.4 is 5.32 Å². The van der Waals surface area contributed by atoms with Gasteiger partial charge in [-0.15, -0.1) is 11.8 Å². The molecular formula is C30H31NO8S. The summed E-state index contributed by atoms with van der Waals surface area (Å²) in [6.45, 7) is 2.67. The highest BCUT2D eigenvalue weighted by molar-refractivity contribution is 7.99. The molecule has 1 amide bonds. The summed E-state index contributed by atoms with van der Waals surface area (Å²) in [5, 5.41) is 21.7. The van der Waals surface area contributed by atoms with E-state index in [9.17, 15) is 24.6 Å². The van der Waals surface area contributed by atoms with Gasteiger partial charge in [0.2, 0.25) is 0 Å². The minimum absolute atomic E-state index is 0.0611. The summed E-state index contributed by atoms with van der Waals surface area (Å²) in [5.74, 6) is -1.51. The first kappa shape index (κ1) is 29.3. The highest BCUT2D eigenvalue weighted by atomic mass is 32.2. The van der Waals surface area contributed by atoms with E-state index in [1.54, 1.807) is 42.5 Å². The maximum atomic E-state index is 12.5. The molecule has 1 aliphatic heterocycles. The Labute approximate surface area is 236 Å². The number of ether oxygens (including phenoxy) is 3. The lowest BCUT2D eigenvalue weighted by Crippen LogP contribution is -2.31. The Morgan fingerprint density at radius 3 is 2.48 bits per heavy atom. The van der Waals surface area contributed by atoms with E-state index in [2.05, 4.69) is 5.32 Å². The van der Waals surface area contributed by atoms with Crippen LogP contribution in [0.1, 0.15) is 59.7 Å². The number of hydrogen-bond acceptors (Lipinski definition) is 8. The Morgan fingerprint density at radius 2 is 1.77 bits per heavy atom. The smallest absolute Gasteiger partial charge is 0.336 e. The highest BCUT2D eigenvalue weighted by Gasteiger charge is 2.32. The second-order valence-corrected chi connectivity index (χ2v) is 10.4. The summed E-state index contributed by atoms with van der Waals surface area (Å²) in [7, 11) is 0. The lowest BCUT2D eigenvalue weighted by atomic mass is 10.0. The molecule has 1 saturated heterocycles. The molecule has 1 heterocycles. The zero-order chi connectivity index (χ0) is 28.6. The number of aromatic carboxylic acids is 1. The molecule has 4 rings (SSSR count). The number of anilines is 1. The monoisotopic (exact) mass is 565 g/mol. The molecule has 0 spiro atoms. The second-order valence-electron chi connectivity index (χ2n) is 9.33. The number of esters is 1. The fraction of sp³-hybridized carbons (Fsp3) is 0.300. The number of carboxylic acids is 1. The van der Waals surface area contributed by atoms with Crippen LogP contribution in [0.3, 0.4) is 0 Å². The molecule has 3 N–H and O–H groups in total. The van der Waals surface area contributed by atoms with Crippen molar-refractivity contribution >= 4 is 35.3 Å². The van der Waals surface area contributed by atoms with E-state index in [-0.39, 0.29) is 24.4 Å². The van der Waals surface area contributed by atoms with Gasteiger partial charge in [-0.05, 0) is 42.3 Å². The number of amides is 1. The molecule has 210 valence electrons. The maximum Gasteiger partial charge on any atom is 0.336 e. The van der Waals surface area contributed by atoms with Crippen molar-refractivity contribution in [1.82, 2.24) is 0 Å². The molecule has 1 aliphatic rings. The fourth-order valence-corrected chi connectivity index (χ4v) is 5.35. The molecule has 0 aliphatic carbocycles. The average Bonchev–Trinajstić information content (AvgIpc) is 2.96. The average molecular weight is 566 g/mol. The lowest BCUT2D eigenvalue weighted by molar-refractivity contribution is -0.245. The van der Waals surface area contributed by atoms with Crippen LogP contribution in [0.25, 0.3) is 0 Å². The number of aliphatic hydroxyl groups is 1. The van der Waals surface area contributed by atoms with Gasteiger partial charge in [0.25, 0.3) is 5.91 Å². The summed E-state index contributed by atoms with van der Waals surface area (Å²) in [4.78, 5) is 36.0. The van der Waals surface area contributed by atoms with Crippen molar-refractivity contribution in [2.24, 2.45) is 0 Å². The lowest BCUT2D eigenvalue weighted by Gasteiger charge is -2.36. The van der Waals surface area contributed by atoms with Crippen molar-refractivity contribution in [2.45, 2.75) is 56.4 Å². The van der Waals surface area contributed by atoms with Crippen LogP contribution in [0.2, 0.25) is 0 Å². The van der Waals surface area contributed by atoms with Crippen molar-refractivity contribution < 1.29 is 38.8 Å². The molecule has 4 atom stereocenters. The van der Waals surface area contributed by atoms with Gasteiger partial charge in [-0.2, -0.15) is 0 Å². The normalized spacial score (nSPS) is 19.4. The summed E-state index contributed by atoms with van der Waals surface area (Å²) in [5.41, 5.74) is 3.11. The van der Waals surface area contributed by atoms with Crippen molar-refractivity contribution in [1.29, 1.82) is 0 Å². The van der Waals surface area contributed by atoms with Crippen LogP contribution in [0, 0.1) is 0 Å². The quantitative estimate of drug-likeness (QED) is 0.227. The topological polar surface area (TPSA) is 131 Å². The summed E-state index contributed by atoms with van der Waals surface area (Å²) in [6, 6.07) is 21.4. The minimum Gasteiger partial charge on any atom is -0.478 e. The molecule has 1 fully saturated rings. The highest BCUT2D eigenvalue weighted by Crippen LogP contribution is 2.40. The van der Waals surface area contributed by atoms with Crippen molar-refractivity contribution in [2.75, 3.05) is 11.1 Å². The zero-order valence-electron chi connectivity index (χ0n) is 22.1. The Kier molecular flexibility index (Phi) is 9.94. The number of aliphatic hydroxyl groups excluding tert-OH is 1. The maximum absolute atomic E-state index is 12.5. The van der Waals surface area contributed by atoms with E-state index in [1.807, 2.05) is 30.3 Å². The first-order valence-corrected chi connectivity index (χ1v) is 13.8. The largest absolute Gasteiger partial charge is 0.478 e. The van der Waals surface area contributed by atoms with Crippen molar-refractivity contribution in [3.05, 3.63) is 95.1 Å². The Morgan fingerprint density at radius 1 is 1.02 bits per heavy atom. The first-order chi connectivity index (χ1) is 19.2. The summed E-state index contributed by atoms with van der Waals surface area (Å²) in [6.07, 6.45) is -1.79. The molecule has 3 aromatic carbocycles. The number of carboxylic acid groups (broad SMARTS) is 1. The van der Waals surface area contributed by atoms with Gasteiger partial charge in [0.1, 0.15) is 0 Å². The molecular weight excluding hydrogens is 534 g/mol. The van der Waals surface area contributed by atoms with Gasteiger partial charge in [0, 0.05) is 35.2 Å². The minimum atomic E-state index is -0.988. The van der Waals surface area contributed by atoms with E-state index in [0.29, 0.717) is 28.3 Å². The van der Waals surface area contributed by atoms with Gasteiger partial charge in [0.05, 0.1) is 24.4 Å². The molecule has 0 bridgehead atoms. The number of benzene rings is 3. The third kappa shape index (κ3) is 7.70. The molecule has 0 unspecified atom stereocenters. The van der Waals surface area contributed by atoms with Crippen molar-refractivity contribution in [3.63, 3.8) is 0 Å². The van der Waals surface area contributed by atoms with Gasteiger partial charge in [0.15, 0.2) is 12.4 Å². The molecule has 40 heavy (non-hydrogen) atoms. The number of nitrogens with one attached hydrogen (secondary N) is 1. The predicted octanol–water partition coefficient (Wildman–Crippen LogP) is 5.10. The standard InChI is InChI=1S/C30H31NO8S/c1-18(37-19(2)33)28(34)31-23-7-5-6-22(14-23)30-38-24(17-40-27-9-4-3-8-25(27)29(35)36)15-26(39-30)21-12-10-20(16-32)11-13-21/h3-14,18,24,26,30,32H,15-17H2,1-2H3,(H,31,34)(H,35,36)/t18-,24-,26+,30+/m0/s1. The number of carbonyl (C=O) groups is 3. The fourth-order valence-electron chi connectivity index (χ4n) is 4.28. The molecule has 9 nitrogen and oxygen atoms in total. The van der Waals surface area contributed by atoms with E-state index in [1.165, 1.54) is 25.6 Å². The van der Waals surface area contributed by atoms with Crippen LogP contribution in [-0.2, 0) is 30.4 Å². The molecule has 0 saturated carbocycles. The Balaban J connectivity index is 1.55. The molecule has 3 aromatic rings. The van der Waals surface area contributed by atoms with Gasteiger partial charge in [-0.1, -0.05) is 48.5 Å². The number of thioether (sulfide) groups is 1. The first-order valence-electron chi connectivity index (χ1n) is 12.8. The third-order valence-electron chi connectivity index (χ3n) is 6.30. The van der Waals surface area contributed by atoms with Crippen LogP contribution in [-0.4, -0.2) is 46.0 Å². The number of rotatable bonds is 10. The zero-order valence-corrected chi connectivity index (χ0v) is 22.9. The predicted molar refractivity (Wildman–Crippen MR) is 149 cm³/mol. The SMILES string of the molecule is CC(=O)O[C@@H](C)C(=O)Nc1cccc([C@@H]2O[C@H](CSc3ccccc3C(=O)O)C[C@H](c3ccc(CO)cc3)O2)c1. The van der Waals surface area contributed by atoms with Crippen molar-refractivity contribution in [3.8, 4) is 0 Å². The van der Waals surface area contributed by atoms with Crippen LogP contribution >= 0.6 is 11.8 Å². The Bertz CT molecular complexity index is 1350. The molecule has 0 aromatic heterocycles. The summed E-state index contributed by atoms with van der Waals surface area (Å²) >= 11 is 1.41. The third-order valence-corrected chi connectivity index (χ3v) is 7.50. The summed E-state index contributed by atoms with van der Waals surface area (Å²) < 4.78 is 17.7. The van der Waals surface area contributed by atoms with Gasteiger partial charge >= 0.3 is 11.9 Å². The van der Waals surface area contributed by atoms with E-state index in [4.69, 9.17) is 14.2 Å². The molecule has 0 radical (unpaired) electrons. The van der Waals surface area contributed by atoms with E-state index < -0.39 is 30.2 Å². The molecule has 10 heteroatoms. The van der Waals surface area contributed by atoms with E-state index in [0.717, 1.165) is 11.1 Å². The number of hydrogen-bond donors (Lipinski definition) is 3. The van der Waals surface area contributed by atoms with Crippen LogP contribution in [0.15, 0.2) is 77.7 Å². The second kappa shape index (κ2) is 13.6. The van der Waals surface area contributed by atoms with Gasteiger partial charge in [-0.25, -0.2) is 4.79 Å². The van der Waals surface area contributed by atoms with Gasteiger partial charge in [-0.3, -0.25) is 9.59 Å². The van der Waals surface area contributed by atoms with E-state index >= 15 is 0 Å². The Hall–Kier alpha value is -3.70. The van der Waals surface area contributed by atoms with Crippen LogP contribution in [0.4, 0.5) is 5.69 Å².